The van der Waals surface area contributed by atoms with Crippen molar-refractivity contribution in [2.75, 3.05) is 6.54 Å². The SMILES string of the molecule is CCNC(c1cccc(F)c1)c1cncn1C. The van der Waals surface area contributed by atoms with E-state index in [-0.39, 0.29) is 11.9 Å². The summed E-state index contributed by atoms with van der Waals surface area (Å²) in [5, 5.41) is 3.34. The lowest BCUT2D eigenvalue weighted by molar-refractivity contribution is 0.581. The lowest BCUT2D eigenvalue weighted by Crippen LogP contribution is -2.24. The maximum atomic E-state index is 13.3. The Balaban J connectivity index is 2.39. The van der Waals surface area contributed by atoms with Gasteiger partial charge in [0.2, 0.25) is 0 Å². The van der Waals surface area contributed by atoms with E-state index in [1.165, 1.54) is 6.07 Å². The van der Waals surface area contributed by atoms with E-state index in [4.69, 9.17) is 0 Å². The summed E-state index contributed by atoms with van der Waals surface area (Å²) >= 11 is 0. The van der Waals surface area contributed by atoms with Crippen molar-refractivity contribution in [1.29, 1.82) is 0 Å². The topological polar surface area (TPSA) is 29.9 Å². The molecule has 0 amide bonds. The summed E-state index contributed by atoms with van der Waals surface area (Å²) in [5.41, 5.74) is 1.94. The number of aryl methyl sites for hydroxylation is 1. The van der Waals surface area contributed by atoms with Crippen LogP contribution in [0.15, 0.2) is 36.8 Å². The van der Waals surface area contributed by atoms with Crippen molar-refractivity contribution in [3.05, 3.63) is 53.9 Å². The molecule has 0 fully saturated rings. The first-order valence-electron chi connectivity index (χ1n) is 5.67. The predicted molar refractivity (Wildman–Crippen MR) is 65.1 cm³/mol. The van der Waals surface area contributed by atoms with Crippen molar-refractivity contribution in [1.82, 2.24) is 14.9 Å². The number of halogens is 1. The van der Waals surface area contributed by atoms with E-state index >= 15 is 0 Å². The molecule has 4 heteroatoms. The molecule has 1 aromatic heterocycles. The molecule has 1 atom stereocenters. The van der Waals surface area contributed by atoms with Crippen LogP contribution in [0.5, 0.6) is 0 Å². The first-order chi connectivity index (χ1) is 8.22. The fourth-order valence-electron chi connectivity index (χ4n) is 1.93. The molecule has 0 saturated heterocycles. The largest absolute Gasteiger partial charge is 0.336 e. The van der Waals surface area contributed by atoms with Crippen LogP contribution in [0.25, 0.3) is 0 Å². The Labute approximate surface area is 100 Å². The highest BCUT2D eigenvalue weighted by Gasteiger charge is 2.16. The molecule has 2 aromatic rings. The number of nitrogens with zero attached hydrogens (tertiary/aromatic N) is 2. The van der Waals surface area contributed by atoms with Crippen molar-refractivity contribution in [2.45, 2.75) is 13.0 Å². The van der Waals surface area contributed by atoms with Crippen LogP contribution in [0.1, 0.15) is 24.2 Å². The molecule has 0 aliphatic rings. The summed E-state index contributed by atoms with van der Waals surface area (Å²) in [4.78, 5) is 4.10. The molecular weight excluding hydrogens is 217 g/mol. The molecule has 0 saturated carbocycles. The normalized spacial score (nSPS) is 12.6. The van der Waals surface area contributed by atoms with Crippen molar-refractivity contribution < 1.29 is 4.39 Å². The summed E-state index contributed by atoms with van der Waals surface area (Å²) in [6, 6.07) is 6.63. The van der Waals surface area contributed by atoms with Gasteiger partial charge in [-0.2, -0.15) is 0 Å². The summed E-state index contributed by atoms with van der Waals surface area (Å²) in [7, 11) is 1.94. The lowest BCUT2D eigenvalue weighted by atomic mass is 10.0. The summed E-state index contributed by atoms with van der Waals surface area (Å²) in [6.45, 7) is 2.84. The smallest absolute Gasteiger partial charge is 0.123 e. The van der Waals surface area contributed by atoms with Gasteiger partial charge in [0.05, 0.1) is 24.3 Å². The van der Waals surface area contributed by atoms with Gasteiger partial charge in [0.25, 0.3) is 0 Å². The first-order valence-corrected chi connectivity index (χ1v) is 5.67. The van der Waals surface area contributed by atoms with Gasteiger partial charge in [-0.15, -0.1) is 0 Å². The van der Waals surface area contributed by atoms with Gasteiger partial charge in [0, 0.05) is 7.05 Å². The molecule has 0 aliphatic carbocycles. The van der Waals surface area contributed by atoms with Gasteiger partial charge in [0.1, 0.15) is 5.82 Å². The maximum Gasteiger partial charge on any atom is 0.123 e. The van der Waals surface area contributed by atoms with E-state index in [1.807, 2.05) is 24.6 Å². The van der Waals surface area contributed by atoms with Crippen molar-refractivity contribution in [3.63, 3.8) is 0 Å². The van der Waals surface area contributed by atoms with Crippen LogP contribution >= 0.6 is 0 Å². The predicted octanol–water partition coefficient (Wildman–Crippen LogP) is 2.26. The quantitative estimate of drug-likeness (QED) is 0.877. The number of nitrogens with one attached hydrogen (secondary N) is 1. The molecule has 90 valence electrons. The second-order valence-electron chi connectivity index (χ2n) is 3.98. The van der Waals surface area contributed by atoms with Gasteiger partial charge in [0.15, 0.2) is 0 Å². The molecule has 0 aliphatic heterocycles. The van der Waals surface area contributed by atoms with E-state index < -0.39 is 0 Å². The Morgan fingerprint density at radius 2 is 2.29 bits per heavy atom. The van der Waals surface area contributed by atoms with Crippen LogP contribution in [-0.4, -0.2) is 16.1 Å². The molecule has 3 nitrogen and oxygen atoms in total. The van der Waals surface area contributed by atoms with Gasteiger partial charge in [-0.25, -0.2) is 9.37 Å². The van der Waals surface area contributed by atoms with E-state index in [0.717, 1.165) is 17.8 Å². The van der Waals surface area contributed by atoms with Crippen LogP contribution in [0.2, 0.25) is 0 Å². The highest BCUT2D eigenvalue weighted by atomic mass is 19.1. The average Bonchev–Trinajstić information content (AvgIpc) is 2.72. The number of imidazole rings is 1. The molecule has 0 bridgehead atoms. The lowest BCUT2D eigenvalue weighted by Gasteiger charge is -2.18. The van der Waals surface area contributed by atoms with E-state index in [0.29, 0.717) is 0 Å². The summed E-state index contributed by atoms with van der Waals surface area (Å²) in [6.07, 6.45) is 3.55. The third-order valence-electron chi connectivity index (χ3n) is 2.74. The zero-order valence-corrected chi connectivity index (χ0v) is 10.0. The van der Waals surface area contributed by atoms with Gasteiger partial charge in [-0.05, 0) is 24.2 Å². The molecule has 17 heavy (non-hydrogen) atoms. The second kappa shape index (κ2) is 5.10. The standard InChI is InChI=1S/C13H16FN3/c1-3-16-13(12-8-15-9-17(12)2)10-5-4-6-11(14)7-10/h4-9,13,16H,3H2,1-2H3. The molecule has 0 spiro atoms. The highest BCUT2D eigenvalue weighted by Crippen LogP contribution is 2.21. The monoisotopic (exact) mass is 233 g/mol. The molecule has 0 radical (unpaired) electrons. The molecule has 1 unspecified atom stereocenters. The molecule has 1 N–H and O–H groups in total. The number of rotatable bonds is 4. The van der Waals surface area contributed by atoms with Crippen LogP contribution in [-0.2, 0) is 7.05 Å². The van der Waals surface area contributed by atoms with E-state index in [2.05, 4.69) is 10.3 Å². The number of hydrogen-bond donors (Lipinski definition) is 1. The Hall–Kier alpha value is -1.68. The Morgan fingerprint density at radius 3 is 2.88 bits per heavy atom. The minimum Gasteiger partial charge on any atom is -0.336 e. The van der Waals surface area contributed by atoms with Crippen molar-refractivity contribution in [2.24, 2.45) is 7.05 Å². The summed E-state index contributed by atoms with van der Waals surface area (Å²) in [5.74, 6) is -0.215. The van der Waals surface area contributed by atoms with Crippen molar-refractivity contribution >= 4 is 0 Å². The molecule has 2 rings (SSSR count). The van der Waals surface area contributed by atoms with E-state index in [9.17, 15) is 4.39 Å². The van der Waals surface area contributed by atoms with Crippen molar-refractivity contribution in [3.8, 4) is 0 Å². The third kappa shape index (κ3) is 2.53. The van der Waals surface area contributed by atoms with E-state index in [1.54, 1.807) is 24.7 Å². The van der Waals surface area contributed by atoms with Crippen LogP contribution in [0.4, 0.5) is 4.39 Å². The zero-order chi connectivity index (χ0) is 12.3. The van der Waals surface area contributed by atoms with Crippen LogP contribution < -0.4 is 5.32 Å². The Morgan fingerprint density at radius 1 is 1.47 bits per heavy atom. The first kappa shape index (κ1) is 11.8. The number of benzene rings is 1. The third-order valence-corrected chi connectivity index (χ3v) is 2.74. The minimum absolute atomic E-state index is 0.0248. The molecule has 1 heterocycles. The molecule has 1 aromatic carbocycles. The number of aromatic nitrogens is 2. The fourth-order valence-corrected chi connectivity index (χ4v) is 1.93. The van der Waals surface area contributed by atoms with Gasteiger partial charge < -0.3 is 9.88 Å². The Kier molecular flexibility index (Phi) is 3.54. The average molecular weight is 233 g/mol. The zero-order valence-electron chi connectivity index (χ0n) is 10.0. The minimum atomic E-state index is -0.215. The maximum absolute atomic E-state index is 13.3. The molecular formula is C13H16FN3. The Bertz CT molecular complexity index is 493. The fraction of sp³-hybridized carbons (Fsp3) is 0.308. The second-order valence-corrected chi connectivity index (χ2v) is 3.98. The van der Waals surface area contributed by atoms with Crippen LogP contribution in [0.3, 0.4) is 0 Å². The van der Waals surface area contributed by atoms with Gasteiger partial charge in [-0.3, -0.25) is 0 Å². The van der Waals surface area contributed by atoms with Gasteiger partial charge in [-0.1, -0.05) is 19.1 Å². The van der Waals surface area contributed by atoms with Crippen LogP contribution in [0, 0.1) is 5.82 Å². The van der Waals surface area contributed by atoms with Gasteiger partial charge >= 0.3 is 0 Å². The highest BCUT2D eigenvalue weighted by molar-refractivity contribution is 5.27. The number of hydrogen-bond acceptors (Lipinski definition) is 2. The summed E-state index contributed by atoms with van der Waals surface area (Å²) < 4.78 is 15.2.